The number of fused-ring (bicyclic) bond motifs is 2. The fourth-order valence-electron chi connectivity index (χ4n) is 4.74. The van der Waals surface area contributed by atoms with Crippen LogP contribution in [0.25, 0.3) is 0 Å². The molecular weight excluding hydrogens is 372 g/mol. The number of rotatable bonds is 2. The van der Waals surface area contributed by atoms with E-state index in [1.54, 1.807) is 17.0 Å². The summed E-state index contributed by atoms with van der Waals surface area (Å²) in [6, 6.07) is 9.51. The summed E-state index contributed by atoms with van der Waals surface area (Å²) < 4.78 is 29.5. The van der Waals surface area contributed by atoms with E-state index in [1.807, 2.05) is 26.0 Å². The van der Waals surface area contributed by atoms with Crippen LogP contribution in [0, 0.1) is 23.1 Å². The largest absolute Gasteiger partial charge is 0.337 e. The highest BCUT2D eigenvalue weighted by Gasteiger charge is 2.41. The summed E-state index contributed by atoms with van der Waals surface area (Å²) >= 11 is 0. The quantitative estimate of drug-likeness (QED) is 0.730. The predicted molar refractivity (Wildman–Crippen MR) is 105 cm³/mol. The summed E-state index contributed by atoms with van der Waals surface area (Å²) in [5.74, 6) is -1.12. The third-order valence-corrected chi connectivity index (χ3v) is 6.15. The molecule has 0 N–H and O–H groups in total. The summed E-state index contributed by atoms with van der Waals surface area (Å²) in [5.41, 5.74) is 2.69. The van der Waals surface area contributed by atoms with Gasteiger partial charge < -0.3 is 4.90 Å². The van der Waals surface area contributed by atoms with Crippen molar-refractivity contribution in [3.63, 3.8) is 0 Å². The Bertz CT molecular complexity index is 945. The number of hydrogen-bond acceptors (Lipinski definition) is 3. The molecule has 0 radical (unpaired) electrons. The van der Waals surface area contributed by atoms with Crippen LogP contribution in [0.15, 0.2) is 36.4 Å². The van der Waals surface area contributed by atoms with Crippen molar-refractivity contribution in [1.82, 2.24) is 9.80 Å². The van der Waals surface area contributed by atoms with E-state index in [-0.39, 0.29) is 36.2 Å². The first kappa shape index (κ1) is 19.4. The van der Waals surface area contributed by atoms with Gasteiger partial charge in [-0.3, -0.25) is 9.69 Å². The van der Waals surface area contributed by atoms with Gasteiger partial charge >= 0.3 is 0 Å². The molecule has 0 spiro atoms. The minimum absolute atomic E-state index is 0.0180. The molecule has 1 unspecified atom stereocenters. The molecule has 1 aliphatic heterocycles. The van der Waals surface area contributed by atoms with Crippen LogP contribution in [0.5, 0.6) is 0 Å². The summed E-state index contributed by atoms with van der Waals surface area (Å²) in [7, 11) is 0. The molecule has 1 amide bonds. The Balaban J connectivity index is 1.92. The Kier molecular flexibility index (Phi) is 4.99. The normalized spacial score (nSPS) is 19.6. The second-order valence-corrected chi connectivity index (χ2v) is 8.03. The fraction of sp³-hybridized carbons (Fsp3) is 0.391. The van der Waals surface area contributed by atoms with E-state index in [9.17, 15) is 18.8 Å². The van der Waals surface area contributed by atoms with Gasteiger partial charge in [-0.2, -0.15) is 5.26 Å². The Morgan fingerprint density at radius 3 is 2.07 bits per heavy atom. The highest BCUT2D eigenvalue weighted by atomic mass is 19.1. The molecule has 4 nitrogen and oxygen atoms in total. The average Bonchev–Trinajstić information content (AvgIpc) is 2.86. The molecule has 29 heavy (non-hydrogen) atoms. The van der Waals surface area contributed by atoms with E-state index in [2.05, 4.69) is 6.19 Å². The van der Waals surface area contributed by atoms with Gasteiger partial charge in [-0.25, -0.2) is 8.78 Å². The van der Waals surface area contributed by atoms with Crippen molar-refractivity contribution in [1.29, 1.82) is 5.26 Å². The van der Waals surface area contributed by atoms with Crippen LogP contribution in [0.4, 0.5) is 8.78 Å². The van der Waals surface area contributed by atoms with E-state index < -0.39 is 5.92 Å². The highest BCUT2D eigenvalue weighted by molar-refractivity contribution is 5.80. The van der Waals surface area contributed by atoms with Crippen molar-refractivity contribution >= 4 is 5.91 Å². The summed E-state index contributed by atoms with van der Waals surface area (Å²) in [5, 5.41) is 9.77. The Morgan fingerprint density at radius 1 is 1.03 bits per heavy atom. The molecule has 1 heterocycles. The van der Waals surface area contributed by atoms with E-state index in [4.69, 9.17) is 0 Å². The van der Waals surface area contributed by atoms with Crippen molar-refractivity contribution in [2.45, 2.75) is 44.7 Å². The molecule has 1 fully saturated rings. The molecule has 2 aromatic carbocycles. The van der Waals surface area contributed by atoms with Crippen LogP contribution < -0.4 is 0 Å². The Morgan fingerprint density at radius 2 is 1.59 bits per heavy atom. The number of hydrogen-bond donors (Lipinski definition) is 0. The number of nitriles is 1. The third kappa shape index (κ3) is 3.25. The van der Waals surface area contributed by atoms with Gasteiger partial charge in [0.2, 0.25) is 5.91 Å². The first-order valence-corrected chi connectivity index (χ1v) is 9.92. The maximum Gasteiger partial charge on any atom is 0.243 e. The predicted octanol–water partition coefficient (Wildman–Crippen LogP) is 3.60. The van der Waals surface area contributed by atoms with Gasteiger partial charge in [0.05, 0.1) is 6.04 Å². The van der Waals surface area contributed by atoms with Crippen LogP contribution in [0.1, 0.15) is 42.0 Å². The van der Waals surface area contributed by atoms with Gasteiger partial charge in [-0.1, -0.05) is 24.3 Å². The zero-order valence-electron chi connectivity index (χ0n) is 16.5. The van der Waals surface area contributed by atoms with E-state index in [0.717, 1.165) is 11.1 Å². The maximum atomic E-state index is 14.7. The van der Waals surface area contributed by atoms with Crippen molar-refractivity contribution in [2.75, 3.05) is 13.1 Å². The lowest BCUT2D eigenvalue weighted by atomic mass is 9.80. The molecule has 4 rings (SSSR count). The molecular formula is C23H23F2N3O. The lowest BCUT2D eigenvalue weighted by Gasteiger charge is -2.44. The molecule has 1 aliphatic carbocycles. The minimum Gasteiger partial charge on any atom is -0.337 e. The standard InChI is InChI=1S/C23H23F2N3O/c1-14(2)28-11-21(27(13-26)12-22(28)29)23-17-5-3-7-19(24)15(17)9-10-16-18(23)6-4-8-20(16)25/h3-8,14,21,23H,9-12H2,1-2H3. The zero-order chi connectivity index (χ0) is 20.7. The Labute approximate surface area is 169 Å². The van der Waals surface area contributed by atoms with Crippen LogP contribution >= 0.6 is 0 Å². The zero-order valence-corrected chi connectivity index (χ0v) is 16.5. The number of benzene rings is 2. The SMILES string of the molecule is CC(C)N1CC(C2c3cccc(F)c3CCc3c(F)cccc32)N(C#N)CC1=O. The van der Waals surface area contributed by atoms with Gasteiger partial charge in [0, 0.05) is 18.5 Å². The Hall–Kier alpha value is -2.94. The first-order chi connectivity index (χ1) is 13.9. The maximum absolute atomic E-state index is 14.7. The monoisotopic (exact) mass is 395 g/mol. The summed E-state index contributed by atoms with van der Waals surface area (Å²) in [6.45, 7) is 4.18. The van der Waals surface area contributed by atoms with Gasteiger partial charge in [-0.15, -0.1) is 0 Å². The molecule has 6 heteroatoms. The number of carbonyl (C=O) groups excluding carboxylic acids is 1. The van der Waals surface area contributed by atoms with E-state index >= 15 is 0 Å². The van der Waals surface area contributed by atoms with Gasteiger partial charge in [0.1, 0.15) is 18.2 Å². The van der Waals surface area contributed by atoms with Crippen molar-refractivity contribution in [3.05, 3.63) is 70.3 Å². The van der Waals surface area contributed by atoms with Crippen LogP contribution in [0.3, 0.4) is 0 Å². The lowest BCUT2D eigenvalue weighted by Crippen LogP contribution is -2.58. The topological polar surface area (TPSA) is 47.3 Å². The van der Waals surface area contributed by atoms with Crippen LogP contribution in [-0.2, 0) is 17.6 Å². The molecule has 2 aliphatic rings. The van der Waals surface area contributed by atoms with E-state index in [0.29, 0.717) is 30.5 Å². The average molecular weight is 395 g/mol. The molecule has 150 valence electrons. The van der Waals surface area contributed by atoms with Crippen molar-refractivity contribution in [2.24, 2.45) is 0 Å². The lowest BCUT2D eigenvalue weighted by molar-refractivity contribution is -0.138. The molecule has 1 atom stereocenters. The second kappa shape index (κ2) is 7.47. The smallest absolute Gasteiger partial charge is 0.243 e. The summed E-state index contributed by atoms with van der Waals surface area (Å²) in [4.78, 5) is 15.7. The van der Waals surface area contributed by atoms with Gasteiger partial charge in [0.25, 0.3) is 0 Å². The second-order valence-electron chi connectivity index (χ2n) is 8.03. The van der Waals surface area contributed by atoms with Crippen LogP contribution in [-0.4, -0.2) is 40.9 Å². The number of carbonyl (C=O) groups is 1. The van der Waals surface area contributed by atoms with Gasteiger partial charge in [-0.05, 0) is 61.1 Å². The van der Waals surface area contributed by atoms with Crippen molar-refractivity contribution < 1.29 is 13.6 Å². The molecule has 1 saturated heterocycles. The first-order valence-electron chi connectivity index (χ1n) is 9.92. The highest BCUT2D eigenvalue weighted by Crippen LogP contribution is 2.41. The number of nitrogens with zero attached hydrogens (tertiary/aromatic N) is 3. The molecule has 0 aromatic heterocycles. The minimum atomic E-state index is -0.400. The summed E-state index contributed by atoms with van der Waals surface area (Å²) in [6.07, 6.45) is 2.95. The number of halogens is 2. The third-order valence-electron chi connectivity index (χ3n) is 6.15. The van der Waals surface area contributed by atoms with Crippen molar-refractivity contribution in [3.8, 4) is 6.19 Å². The molecule has 0 saturated carbocycles. The number of piperazine rings is 1. The molecule has 0 bridgehead atoms. The number of amides is 1. The van der Waals surface area contributed by atoms with E-state index in [1.165, 1.54) is 17.0 Å². The van der Waals surface area contributed by atoms with Gasteiger partial charge in [0.15, 0.2) is 6.19 Å². The fourth-order valence-corrected chi connectivity index (χ4v) is 4.74. The molecule has 2 aromatic rings. The van der Waals surface area contributed by atoms with Crippen LogP contribution in [0.2, 0.25) is 0 Å².